The van der Waals surface area contributed by atoms with E-state index in [4.69, 9.17) is 4.18 Å². The molecule has 138 valence electrons. The van der Waals surface area contributed by atoms with Gasteiger partial charge in [-0.15, -0.1) is 0 Å². The molecule has 0 bridgehead atoms. The summed E-state index contributed by atoms with van der Waals surface area (Å²) in [6.07, 6.45) is 0. The van der Waals surface area contributed by atoms with Gasteiger partial charge in [-0.1, -0.05) is 66.7 Å². The summed E-state index contributed by atoms with van der Waals surface area (Å²) in [6, 6.07) is 26.8. The topological polar surface area (TPSA) is 52.4 Å². The summed E-state index contributed by atoms with van der Waals surface area (Å²) in [6.45, 7) is 1.98. The summed E-state index contributed by atoms with van der Waals surface area (Å²) in [5.41, 5.74) is 2.61. The van der Waals surface area contributed by atoms with Crippen molar-refractivity contribution in [3.8, 4) is 16.9 Å². The summed E-state index contributed by atoms with van der Waals surface area (Å²) in [4.78, 5) is 12.1. The Morgan fingerprint density at radius 3 is 2.32 bits per heavy atom. The minimum Gasteiger partial charge on any atom is -0.413 e. The molecule has 0 aromatic heterocycles. The molecule has 4 aromatic carbocycles. The van der Waals surface area contributed by atoms with Gasteiger partial charge in [0.1, 0.15) is 0 Å². The second-order valence-electron chi connectivity index (χ2n) is 6.40. The van der Waals surface area contributed by atoms with Gasteiger partial charge in [0.2, 0.25) is 5.75 Å². The molecule has 5 heteroatoms. The number of aryl methyl sites for hydroxylation is 1. The molecule has 0 unspecified atom stereocenters. The van der Waals surface area contributed by atoms with E-state index in [0.29, 0.717) is 5.56 Å². The molecule has 0 heterocycles. The highest BCUT2D eigenvalue weighted by Crippen LogP contribution is 2.42. The number of benzene rings is 4. The van der Waals surface area contributed by atoms with Gasteiger partial charge in [-0.05, 0) is 41.0 Å². The van der Waals surface area contributed by atoms with E-state index in [1.165, 1.54) is 6.07 Å². The zero-order valence-corrected chi connectivity index (χ0v) is 16.0. The van der Waals surface area contributed by atoms with Crippen molar-refractivity contribution in [1.82, 2.24) is 0 Å². The minimum atomic E-state index is -0.405. The van der Waals surface area contributed by atoms with Crippen LogP contribution in [0.5, 0.6) is 5.75 Å². The van der Waals surface area contributed by atoms with Gasteiger partial charge in [-0.3, -0.25) is 10.1 Å². The van der Waals surface area contributed by atoms with E-state index in [2.05, 4.69) is 0 Å². The van der Waals surface area contributed by atoms with Crippen molar-refractivity contribution in [3.63, 3.8) is 0 Å². The van der Waals surface area contributed by atoms with Crippen LogP contribution in [-0.2, 0) is 0 Å². The normalized spacial score (nSPS) is 10.8. The lowest BCUT2D eigenvalue weighted by Crippen LogP contribution is -1.96. The maximum Gasteiger partial charge on any atom is 0.313 e. The average Bonchev–Trinajstić information content (AvgIpc) is 2.72. The van der Waals surface area contributed by atoms with E-state index >= 15 is 0 Å². The number of nitrogens with zero attached hydrogens (tertiary/aromatic N) is 1. The lowest BCUT2D eigenvalue weighted by atomic mass is 9.99. The van der Waals surface area contributed by atoms with E-state index in [9.17, 15) is 10.1 Å². The Morgan fingerprint density at radius 2 is 1.54 bits per heavy atom. The molecule has 0 fully saturated rings. The van der Waals surface area contributed by atoms with Crippen LogP contribution in [0.4, 0.5) is 5.69 Å². The monoisotopic (exact) mass is 387 g/mol. The van der Waals surface area contributed by atoms with E-state index in [-0.39, 0.29) is 11.4 Å². The van der Waals surface area contributed by atoms with Gasteiger partial charge in [-0.2, -0.15) is 0 Å². The smallest absolute Gasteiger partial charge is 0.313 e. The fourth-order valence-electron chi connectivity index (χ4n) is 3.15. The van der Waals surface area contributed by atoms with Crippen molar-refractivity contribution in [2.45, 2.75) is 11.8 Å². The molecule has 0 amide bonds. The molecule has 0 atom stereocenters. The SMILES string of the molecule is Cc1ccccc1-c1cccc([N+](=O)[O-])c1OSc1ccc2ccccc2c1. The average molecular weight is 387 g/mol. The lowest BCUT2D eigenvalue weighted by Gasteiger charge is -2.12. The Bertz CT molecular complexity index is 1170. The molecule has 0 spiro atoms. The Morgan fingerprint density at radius 1 is 0.821 bits per heavy atom. The van der Waals surface area contributed by atoms with Gasteiger partial charge < -0.3 is 4.18 Å². The third kappa shape index (κ3) is 3.57. The Hall–Kier alpha value is -3.31. The zero-order valence-electron chi connectivity index (χ0n) is 15.2. The van der Waals surface area contributed by atoms with Crippen LogP contribution in [0.25, 0.3) is 21.9 Å². The van der Waals surface area contributed by atoms with Gasteiger partial charge in [0.25, 0.3) is 0 Å². The largest absolute Gasteiger partial charge is 0.413 e. The molecule has 0 aliphatic rings. The van der Waals surface area contributed by atoms with E-state index in [0.717, 1.165) is 38.8 Å². The maximum atomic E-state index is 11.6. The molecular formula is C23H17NO3S. The summed E-state index contributed by atoms with van der Waals surface area (Å²) < 4.78 is 5.95. The van der Waals surface area contributed by atoms with Gasteiger partial charge in [0.15, 0.2) is 0 Å². The van der Waals surface area contributed by atoms with Crippen LogP contribution < -0.4 is 4.18 Å². The highest BCUT2D eigenvalue weighted by Gasteiger charge is 2.22. The zero-order chi connectivity index (χ0) is 19.5. The third-order valence-corrected chi connectivity index (χ3v) is 5.26. The van der Waals surface area contributed by atoms with E-state index < -0.39 is 4.92 Å². The van der Waals surface area contributed by atoms with Crippen molar-refractivity contribution in [3.05, 3.63) is 101 Å². The Labute approximate surface area is 167 Å². The number of rotatable bonds is 5. The van der Waals surface area contributed by atoms with Gasteiger partial charge >= 0.3 is 5.69 Å². The summed E-state index contributed by atoms with van der Waals surface area (Å²) in [5.74, 6) is 0.264. The number of hydrogen-bond donors (Lipinski definition) is 0. The number of hydrogen-bond acceptors (Lipinski definition) is 4. The second kappa shape index (κ2) is 7.74. The van der Waals surface area contributed by atoms with Crippen molar-refractivity contribution < 1.29 is 9.11 Å². The molecule has 0 saturated carbocycles. The van der Waals surface area contributed by atoms with Crippen LogP contribution in [0.1, 0.15) is 5.56 Å². The molecule has 4 rings (SSSR count). The number of nitro groups is 1. The minimum absolute atomic E-state index is 0.0472. The number of fused-ring (bicyclic) bond motifs is 1. The Kier molecular flexibility index (Phi) is 5.00. The molecular weight excluding hydrogens is 370 g/mol. The fourth-order valence-corrected chi connectivity index (χ4v) is 3.81. The van der Waals surface area contributed by atoms with Gasteiger partial charge in [0, 0.05) is 16.5 Å². The van der Waals surface area contributed by atoms with E-state index in [1.54, 1.807) is 6.07 Å². The maximum absolute atomic E-state index is 11.6. The number of para-hydroxylation sites is 1. The van der Waals surface area contributed by atoms with Crippen molar-refractivity contribution in [2.24, 2.45) is 0 Å². The van der Waals surface area contributed by atoms with Crippen LogP contribution in [0.15, 0.2) is 89.8 Å². The first-order valence-corrected chi connectivity index (χ1v) is 9.54. The first-order chi connectivity index (χ1) is 13.6. The van der Waals surface area contributed by atoms with Crippen LogP contribution in [0.2, 0.25) is 0 Å². The van der Waals surface area contributed by atoms with Crippen LogP contribution in [0.3, 0.4) is 0 Å². The van der Waals surface area contributed by atoms with Crippen LogP contribution >= 0.6 is 12.0 Å². The second-order valence-corrected chi connectivity index (χ2v) is 7.21. The molecule has 4 aromatic rings. The van der Waals surface area contributed by atoms with Crippen molar-refractivity contribution >= 4 is 28.5 Å². The highest BCUT2D eigenvalue weighted by atomic mass is 32.2. The van der Waals surface area contributed by atoms with Crippen LogP contribution in [0, 0.1) is 17.0 Å². The molecule has 28 heavy (non-hydrogen) atoms. The number of nitro benzene ring substituents is 1. The third-order valence-electron chi connectivity index (χ3n) is 4.57. The fraction of sp³-hybridized carbons (Fsp3) is 0.0435. The predicted octanol–water partition coefficient (Wildman–Crippen LogP) is 6.81. The van der Waals surface area contributed by atoms with Gasteiger partial charge in [-0.25, -0.2) is 0 Å². The quantitative estimate of drug-likeness (QED) is 0.214. The van der Waals surface area contributed by atoms with Crippen LogP contribution in [-0.4, -0.2) is 4.92 Å². The lowest BCUT2D eigenvalue weighted by molar-refractivity contribution is -0.385. The predicted molar refractivity (Wildman–Crippen MR) is 114 cm³/mol. The standard InChI is InChI=1S/C23H17NO3S/c1-16-7-2-5-10-20(16)21-11-6-12-22(24(25)26)23(21)27-28-19-14-13-17-8-3-4-9-18(17)15-19/h2-15H,1H3. The summed E-state index contributed by atoms with van der Waals surface area (Å²) in [7, 11) is 0. The molecule has 4 nitrogen and oxygen atoms in total. The molecule has 0 saturated heterocycles. The Balaban J connectivity index is 1.73. The van der Waals surface area contributed by atoms with E-state index in [1.807, 2.05) is 79.7 Å². The molecule has 0 radical (unpaired) electrons. The highest BCUT2D eigenvalue weighted by molar-refractivity contribution is 7.95. The first-order valence-electron chi connectivity index (χ1n) is 8.80. The van der Waals surface area contributed by atoms with Crippen molar-refractivity contribution in [2.75, 3.05) is 0 Å². The summed E-state index contributed by atoms with van der Waals surface area (Å²) >= 11 is 1.13. The van der Waals surface area contributed by atoms with Crippen molar-refractivity contribution in [1.29, 1.82) is 0 Å². The summed E-state index contributed by atoms with van der Waals surface area (Å²) in [5, 5.41) is 13.8. The first kappa shape index (κ1) is 18.1. The molecule has 0 aliphatic carbocycles. The van der Waals surface area contributed by atoms with Gasteiger partial charge in [0.05, 0.1) is 17.0 Å². The molecule has 0 N–H and O–H groups in total. The molecule has 0 aliphatic heterocycles.